The lowest BCUT2D eigenvalue weighted by Crippen LogP contribution is -2.36. The van der Waals surface area contributed by atoms with Crippen molar-refractivity contribution in [3.63, 3.8) is 0 Å². The summed E-state index contributed by atoms with van der Waals surface area (Å²) in [5.41, 5.74) is 1.09. The second kappa shape index (κ2) is 7.41. The molecule has 0 bridgehead atoms. The molecule has 1 aromatic rings. The molecule has 1 aliphatic heterocycles. The van der Waals surface area contributed by atoms with Crippen molar-refractivity contribution in [2.45, 2.75) is 32.8 Å². The Balaban J connectivity index is 1.55. The smallest absolute Gasteiger partial charge is 0.248 e. The summed E-state index contributed by atoms with van der Waals surface area (Å²) < 4.78 is 11.3. The van der Waals surface area contributed by atoms with Crippen LogP contribution in [0.1, 0.15) is 31.9 Å². The number of rotatable bonds is 7. The minimum Gasteiger partial charge on any atom is -0.375 e. The number of amides is 1. The zero-order valence-corrected chi connectivity index (χ0v) is 13.9. The Morgan fingerprint density at radius 2 is 2.35 bits per heavy atom. The van der Waals surface area contributed by atoms with Gasteiger partial charge in [0.05, 0.1) is 18.9 Å². The molecule has 5 heteroatoms. The molecule has 1 amide bonds. The molecule has 3 rings (SSSR count). The highest BCUT2D eigenvalue weighted by Crippen LogP contribution is 2.48. The standard InChI is InChI=1S/C18H26N2O3/c1-2-22-12-17(21)20-10-15-6-5-8-18(15,13-20)14-23-11-16-7-3-4-9-19-16/h3-4,7,9,15H,2,5-6,8,10-14H2,1H3/t15-,18+/m1/s1. The van der Waals surface area contributed by atoms with E-state index in [0.29, 0.717) is 25.7 Å². The number of hydrogen-bond donors (Lipinski definition) is 0. The van der Waals surface area contributed by atoms with E-state index in [1.54, 1.807) is 6.20 Å². The molecule has 126 valence electrons. The maximum absolute atomic E-state index is 12.2. The van der Waals surface area contributed by atoms with Crippen molar-refractivity contribution in [3.05, 3.63) is 30.1 Å². The van der Waals surface area contributed by atoms with Crippen LogP contribution in [0.15, 0.2) is 24.4 Å². The summed E-state index contributed by atoms with van der Waals surface area (Å²) in [6.07, 6.45) is 5.38. The van der Waals surface area contributed by atoms with Crippen LogP contribution >= 0.6 is 0 Å². The topological polar surface area (TPSA) is 51.7 Å². The normalized spacial score (nSPS) is 26.5. The second-order valence-corrected chi connectivity index (χ2v) is 6.68. The van der Waals surface area contributed by atoms with Gasteiger partial charge in [-0.25, -0.2) is 0 Å². The van der Waals surface area contributed by atoms with Crippen LogP contribution in [-0.4, -0.2) is 48.7 Å². The monoisotopic (exact) mass is 318 g/mol. The average Bonchev–Trinajstić information content (AvgIpc) is 3.10. The predicted molar refractivity (Wildman–Crippen MR) is 86.7 cm³/mol. The third-order valence-corrected chi connectivity index (χ3v) is 5.19. The summed E-state index contributed by atoms with van der Waals surface area (Å²) in [6.45, 7) is 5.63. The van der Waals surface area contributed by atoms with Gasteiger partial charge < -0.3 is 14.4 Å². The van der Waals surface area contributed by atoms with Crippen LogP contribution in [0.2, 0.25) is 0 Å². The van der Waals surface area contributed by atoms with Gasteiger partial charge in [-0.05, 0) is 37.8 Å². The predicted octanol–water partition coefficient (Wildman–Crippen LogP) is 2.26. The van der Waals surface area contributed by atoms with Crippen LogP contribution < -0.4 is 0 Å². The van der Waals surface area contributed by atoms with Gasteiger partial charge in [0, 0.05) is 31.3 Å². The summed E-state index contributed by atoms with van der Waals surface area (Å²) >= 11 is 0. The Morgan fingerprint density at radius 3 is 3.13 bits per heavy atom. The Hall–Kier alpha value is -1.46. The van der Waals surface area contributed by atoms with Crippen molar-refractivity contribution in [1.29, 1.82) is 0 Å². The summed E-state index contributed by atoms with van der Waals surface area (Å²) in [7, 11) is 0. The van der Waals surface area contributed by atoms with Gasteiger partial charge in [-0.15, -0.1) is 0 Å². The van der Waals surface area contributed by atoms with Crippen LogP contribution in [0.25, 0.3) is 0 Å². The number of pyridine rings is 1. The number of aromatic nitrogens is 1. The molecule has 0 unspecified atom stereocenters. The lowest BCUT2D eigenvalue weighted by atomic mass is 9.81. The van der Waals surface area contributed by atoms with Crippen LogP contribution in [0, 0.1) is 11.3 Å². The molecule has 1 saturated carbocycles. The van der Waals surface area contributed by atoms with Crippen LogP contribution in [0.4, 0.5) is 0 Å². The first-order valence-corrected chi connectivity index (χ1v) is 8.57. The third kappa shape index (κ3) is 3.72. The van der Waals surface area contributed by atoms with Gasteiger partial charge >= 0.3 is 0 Å². The van der Waals surface area contributed by atoms with Crippen LogP contribution in [0.5, 0.6) is 0 Å². The molecule has 1 aromatic heterocycles. The zero-order valence-electron chi connectivity index (χ0n) is 13.9. The van der Waals surface area contributed by atoms with E-state index in [9.17, 15) is 4.79 Å². The van der Waals surface area contributed by atoms with Gasteiger partial charge in [-0.2, -0.15) is 0 Å². The minimum absolute atomic E-state index is 0.116. The highest BCUT2D eigenvalue weighted by atomic mass is 16.5. The van der Waals surface area contributed by atoms with E-state index in [1.807, 2.05) is 30.0 Å². The van der Waals surface area contributed by atoms with Gasteiger partial charge in [0.25, 0.3) is 0 Å². The minimum atomic E-state index is 0.116. The van der Waals surface area contributed by atoms with E-state index in [4.69, 9.17) is 9.47 Å². The van der Waals surface area contributed by atoms with Crippen molar-refractivity contribution < 1.29 is 14.3 Å². The lowest BCUT2D eigenvalue weighted by Gasteiger charge is -2.28. The van der Waals surface area contributed by atoms with Crippen LogP contribution in [0.3, 0.4) is 0 Å². The molecule has 0 N–H and O–H groups in total. The Labute approximate surface area is 138 Å². The average molecular weight is 318 g/mol. The molecule has 5 nitrogen and oxygen atoms in total. The van der Waals surface area contributed by atoms with Gasteiger partial charge in [0.2, 0.25) is 5.91 Å². The largest absolute Gasteiger partial charge is 0.375 e. The molecule has 2 heterocycles. The van der Waals surface area contributed by atoms with E-state index < -0.39 is 0 Å². The number of carbonyl (C=O) groups is 1. The fraction of sp³-hybridized carbons (Fsp3) is 0.667. The molecular formula is C18H26N2O3. The van der Waals surface area contributed by atoms with Crippen molar-refractivity contribution >= 4 is 5.91 Å². The summed E-state index contributed by atoms with van der Waals surface area (Å²) in [6, 6.07) is 5.87. The van der Waals surface area contributed by atoms with Gasteiger partial charge in [0.1, 0.15) is 6.61 Å². The molecular weight excluding hydrogens is 292 g/mol. The first kappa shape index (κ1) is 16.4. The van der Waals surface area contributed by atoms with Gasteiger partial charge in [-0.1, -0.05) is 12.5 Å². The molecule has 0 aromatic carbocycles. The number of hydrogen-bond acceptors (Lipinski definition) is 4. The van der Waals surface area contributed by atoms with Crippen molar-refractivity contribution in [1.82, 2.24) is 9.88 Å². The third-order valence-electron chi connectivity index (χ3n) is 5.19. The number of likely N-dealkylation sites (tertiary alicyclic amines) is 1. The molecule has 2 atom stereocenters. The summed E-state index contributed by atoms with van der Waals surface area (Å²) in [5.74, 6) is 0.683. The molecule has 23 heavy (non-hydrogen) atoms. The molecule has 0 radical (unpaired) electrons. The number of nitrogens with zero attached hydrogens (tertiary/aromatic N) is 2. The van der Waals surface area contributed by atoms with E-state index in [1.165, 1.54) is 12.8 Å². The summed E-state index contributed by atoms with van der Waals surface area (Å²) in [5, 5.41) is 0. The Morgan fingerprint density at radius 1 is 1.43 bits per heavy atom. The molecule has 1 aliphatic carbocycles. The Bertz CT molecular complexity index is 522. The fourth-order valence-electron chi connectivity index (χ4n) is 3.96. The lowest BCUT2D eigenvalue weighted by molar-refractivity contribution is -0.135. The highest BCUT2D eigenvalue weighted by molar-refractivity contribution is 5.78. The first-order valence-electron chi connectivity index (χ1n) is 8.57. The SMILES string of the molecule is CCOCC(=O)N1C[C@H]2CCC[C@@]2(COCc2ccccn2)C1. The second-order valence-electron chi connectivity index (χ2n) is 6.68. The summed E-state index contributed by atoms with van der Waals surface area (Å²) in [4.78, 5) is 18.5. The number of ether oxygens (including phenoxy) is 2. The van der Waals surface area contributed by atoms with Gasteiger partial charge in [0.15, 0.2) is 0 Å². The quantitative estimate of drug-likeness (QED) is 0.774. The zero-order chi connectivity index (χ0) is 16.1. The van der Waals surface area contributed by atoms with E-state index in [2.05, 4.69) is 4.98 Å². The first-order chi connectivity index (χ1) is 11.2. The van der Waals surface area contributed by atoms with Crippen molar-refractivity contribution in [3.8, 4) is 0 Å². The molecule has 2 aliphatic rings. The molecule has 2 fully saturated rings. The number of carbonyl (C=O) groups excluding carboxylic acids is 1. The number of fused-ring (bicyclic) bond motifs is 1. The highest BCUT2D eigenvalue weighted by Gasteiger charge is 2.50. The van der Waals surface area contributed by atoms with E-state index >= 15 is 0 Å². The fourth-order valence-corrected chi connectivity index (χ4v) is 3.96. The van der Waals surface area contributed by atoms with Crippen molar-refractivity contribution in [2.24, 2.45) is 11.3 Å². The van der Waals surface area contributed by atoms with Gasteiger partial charge in [-0.3, -0.25) is 9.78 Å². The van der Waals surface area contributed by atoms with Crippen LogP contribution in [-0.2, 0) is 20.9 Å². The molecule has 0 spiro atoms. The maximum Gasteiger partial charge on any atom is 0.248 e. The Kier molecular flexibility index (Phi) is 5.28. The molecule has 1 saturated heterocycles. The van der Waals surface area contributed by atoms with Crippen molar-refractivity contribution in [2.75, 3.05) is 32.9 Å². The van der Waals surface area contributed by atoms with E-state index in [0.717, 1.165) is 25.2 Å². The maximum atomic E-state index is 12.2. The van der Waals surface area contributed by atoms with E-state index in [-0.39, 0.29) is 17.9 Å².